The van der Waals surface area contributed by atoms with E-state index in [0.29, 0.717) is 12.1 Å². The molecule has 0 aliphatic carbocycles. The summed E-state index contributed by atoms with van der Waals surface area (Å²) in [6.45, 7) is 0.692. The first-order valence-corrected chi connectivity index (χ1v) is 5.96. The molecule has 0 atom stereocenters. The Balaban J connectivity index is 2.01. The van der Waals surface area contributed by atoms with Crippen molar-refractivity contribution >= 4 is 17.7 Å². The molecule has 0 saturated carbocycles. The second-order valence-electron chi connectivity index (χ2n) is 4.22. The van der Waals surface area contributed by atoms with Crippen LogP contribution >= 0.6 is 0 Å². The van der Waals surface area contributed by atoms with E-state index in [1.54, 1.807) is 11.0 Å². The molecular weight excluding hydrogens is 226 g/mol. The van der Waals surface area contributed by atoms with Crippen LogP contribution in [0.4, 0.5) is 5.69 Å². The lowest BCUT2D eigenvalue weighted by atomic mass is 10.1. The van der Waals surface area contributed by atoms with Crippen molar-refractivity contribution in [1.29, 1.82) is 0 Å². The van der Waals surface area contributed by atoms with Gasteiger partial charge in [-0.25, -0.2) is 0 Å². The molecule has 1 aromatic heterocycles. The molecule has 90 valence electrons. The van der Waals surface area contributed by atoms with Gasteiger partial charge in [0, 0.05) is 6.54 Å². The van der Waals surface area contributed by atoms with Crippen molar-refractivity contribution in [2.45, 2.75) is 6.42 Å². The summed E-state index contributed by atoms with van der Waals surface area (Å²) in [6, 6.07) is 9.63. The number of hydrogen-bond donors (Lipinski definition) is 0. The molecule has 18 heavy (non-hydrogen) atoms. The first-order valence-electron chi connectivity index (χ1n) is 5.96. The van der Waals surface area contributed by atoms with Crippen molar-refractivity contribution in [2.24, 2.45) is 0 Å². The minimum atomic E-state index is -0.0140. The van der Waals surface area contributed by atoms with Gasteiger partial charge in [0.15, 0.2) is 0 Å². The second kappa shape index (κ2) is 4.53. The second-order valence-corrected chi connectivity index (χ2v) is 4.22. The van der Waals surface area contributed by atoms with Gasteiger partial charge in [0.2, 0.25) is 0 Å². The van der Waals surface area contributed by atoms with Crippen molar-refractivity contribution in [3.63, 3.8) is 0 Å². The third kappa shape index (κ3) is 1.84. The van der Waals surface area contributed by atoms with E-state index in [1.807, 2.05) is 24.3 Å². The third-order valence-electron chi connectivity index (χ3n) is 3.06. The molecular formula is C15H13NO2. The summed E-state index contributed by atoms with van der Waals surface area (Å²) in [7, 11) is 0. The van der Waals surface area contributed by atoms with Crippen molar-refractivity contribution in [2.75, 3.05) is 11.4 Å². The van der Waals surface area contributed by atoms with Gasteiger partial charge in [-0.05, 0) is 24.1 Å². The molecule has 0 N–H and O–H groups in total. The lowest BCUT2D eigenvalue weighted by Crippen LogP contribution is -2.31. The van der Waals surface area contributed by atoms with Crippen molar-refractivity contribution in [3.05, 3.63) is 60.1 Å². The number of fused-ring (bicyclic) bond motifs is 1. The Labute approximate surface area is 105 Å². The summed E-state index contributed by atoms with van der Waals surface area (Å²) in [4.78, 5) is 14.2. The monoisotopic (exact) mass is 239 g/mol. The van der Waals surface area contributed by atoms with E-state index >= 15 is 0 Å². The molecule has 1 aromatic carbocycles. The van der Waals surface area contributed by atoms with Crippen LogP contribution in [0.15, 0.2) is 53.4 Å². The van der Waals surface area contributed by atoms with Crippen molar-refractivity contribution < 1.29 is 9.21 Å². The predicted octanol–water partition coefficient (Wildman–Crippen LogP) is 3.34. The number of furan rings is 1. The number of amides is 1. The highest BCUT2D eigenvalue weighted by Crippen LogP contribution is 2.26. The zero-order valence-corrected chi connectivity index (χ0v) is 9.87. The Bertz CT molecular complexity index is 584. The quantitative estimate of drug-likeness (QED) is 0.764. The Morgan fingerprint density at radius 2 is 2.11 bits per heavy atom. The largest absolute Gasteiger partial charge is 0.472 e. The molecule has 3 rings (SSSR count). The van der Waals surface area contributed by atoms with Gasteiger partial charge >= 0.3 is 0 Å². The fourth-order valence-corrected chi connectivity index (χ4v) is 2.16. The van der Waals surface area contributed by atoms with E-state index in [2.05, 4.69) is 12.2 Å². The minimum absolute atomic E-state index is 0.0140. The number of anilines is 1. The third-order valence-corrected chi connectivity index (χ3v) is 3.06. The Hall–Kier alpha value is -2.29. The van der Waals surface area contributed by atoms with Gasteiger partial charge in [-0.1, -0.05) is 30.4 Å². The van der Waals surface area contributed by atoms with E-state index in [-0.39, 0.29) is 5.91 Å². The Morgan fingerprint density at radius 3 is 2.94 bits per heavy atom. The zero-order valence-electron chi connectivity index (χ0n) is 9.87. The van der Waals surface area contributed by atoms with Crippen LogP contribution in [0.5, 0.6) is 0 Å². The summed E-state index contributed by atoms with van der Waals surface area (Å²) in [6.07, 6.45) is 8.04. The topological polar surface area (TPSA) is 33.5 Å². The summed E-state index contributed by atoms with van der Waals surface area (Å²) in [5.74, 6) is -0.0140. The fraction of sp³-hybridized carbons (Fsp3) is 0.133. The summed E-state index contributed by atoms with van der Waals surface area (Å²) < 4.78 is 4.98. The first-order chi connectivity index (χ1) is 8.86. The standard InChI is InChI=1S/C15H13NO2/c17-15(13-8-10-18-11-13)16-9-4-3-6-12-5-1-2-7-14(12)16/h1-3,5-8,10-11H,4,9H2. The van der Waals surface area contributed by atoms with Crippen molar-refractivity contribution in [1.82, 2.24) is 0 Å². The van der Waals surface area contributed by atoms with Gasteiger partial charge in [-0.15, -0.1) is 0 Å². The molecule has 3 nitrogen and oxygen atoms in total. The SMILES string of the molecule is O=C(c1ccoc1)N1CCC=Cc2ccccc21. The predicted molar refractivity (Wildman–Crippen MR) is 70.5 cm³/mol. The van der Waals surface area contributed by atoms with Crippen LogP contribution in [0, 0.1) is 0 Å². The van der Waals surface area contributed by atoms with Crippen LogP contribution in [0.2, 0.25) is 0 Å². The lowest BCUT2D eigenvalue weighted by Gasteiger charge is -2.22. The number of carbonyl (C=O) groups is 1. The Morgan fingerprint density at radius 1 is 1.22 bits per heavy atom. The van der Waals surface area contributed by atoms with Gasteiger partial charge in [-0.3, -0.25) is 4.79 Å². The molecule has 0 unspecified atom stereocenters. The first kappa shape index (κ1) is 10.8. The van der Waals surface area contributed by atoms with E-state index in [1.165, 1.54) is 12.5 Å². The molecule has 0 bridgehead atoms. The number of nitrogens with zero attached hydrogens (tertiary/aromatic N) is 1. The zero-order chi connectivity index (χ0) is 12.4. The summed E-state index contributed by atoms with van der Waals surface area (Å²) in [5.41, 5.74) is 2.62. The maximum atomic E-state index is 12.4. The molecule has 1 aliphatic rings. The van der Waals surface area contributed by atoms with E-state index in [0.717, 1.165) is 17.7 Å². The molecule has 2 heterocycles. The highest BCUT2D eigenvalue weighted by Gasteiger charge is 2.20. The molecule has 0 fully saturated rings. The maximum absolute atomic E-state index is 12.4. The molecule has 0 spiro atoms. The fourth-order valence-electron chi connectivity index (χ4n) is 2.16. The molecule has 3 heteroatoms. The average molecular weight is 239 g/mol. The molecule has 0 radical (unpaired) electrons. The van der Waals surface area contributed by atoms with E-state index in [9.17, 15) is 4.79 Å². The summed E-state index contributed by atoms with van der Waals surface area (Å²) >= 11 is 0. The lowest BCUT2D eigenvalue weighted by molar-refractivity contribution is 0.0987. The number of hydrogen-bond acceptors (Lipinski definition) is 2. The molecule has 1 amide bonds. The number of rotatable bonds is 1. The van der Waals surface area contributed by atoms with Crippen molar-refractivity contribution in [3.8, 4) is 0 Å². The Kier molecular flexibility index (Phi) is 2.73. The highest BCUT2D eigenvalue weighted by atomic mass is 16.3. The van der Waals surface area contributed by atoms with Crippen LogP contribution in [0.1, 0.15) is 22.3 Å². The normalized spacial score (nSPS) is 14.1. The van der Waals surface area contributed by atoms with Gasteiger partial charge < -0.3 is 9.32 Å². The molecule has 1 aliphatic heterocycles. The minimum Gasteiger partial charge on any atom is -0.472 e. The highest BCUT2D eigenvalue weighted by molar-refractivity contribution is 6.07. The van der Waals surface area contributed by atoms with Gasteiger partial charge in [-0.2, -0.15) is 0 Å². The number of carbonyl (C=O) groups excluding carboxylic acids is 1. The van der Waals surface area contributed by atoms with E-state index in [4.69, 9.17) is 4.42 Å². The molecule has 0 saturated heterocycles. The van der Waals surface area contributed by atoms with Gasteiger partial charge in [0.1, 0.15) is 6.26 Å². The van der Waals surface area contributed by atoms with Crippen LogP contribution in [-0.4, -0.2) is 12.5 Å². The van der Waals surface area contributed by atoms with Gasteiger partial charge in [0.25, 0.3) is 5.91 Å². The smallest absolute Gasteiger partial charge is 0.261 e. The van der Waals surface area contributed by atoms with Crippen LogP contribution in [-0.2, 0) is 0 Å². The molecule has 2 aromatic rings. The van der Waals surface area contributed by atoms with Crippen LogP contribution in [0.25, 0.3) is 6.08 Å². The average Bonchev–Trinajstić information content (AvgIpc) is 2.85. The van der Waals surface area contributed by atoms with Crippen LogP contribution in [0.3, 0.4) is 0 Å². The van der Waals surface area contributed by atoms with Crippen LogP contribution < -0.4 is 4.90 Å². The number of benzene rings is 1. The van der Waals surface area contributed by atoms with Gasteiger partial charge in [0.05, 0.1) is 17.5 Å². The van der Waals surface area contributed by atoms with E-state index < -0.39 is 0 Å². The number of para-hydroxylation sites is 1. The summed E-state index contributed by atoms with van der Waals surface area (Å²) in [5, 5.41) is 0. The maximum Gasteiger partial charge on any atom is 0.261 e.